The van der Waals surface area contributed by atoms with Gasteiger partial charge in [-0.05, 0) is 33.9 Å². The van der Waals surface area contributed by atoms with Gasteiger partial charge in [0.1, 0.15) is 5.54 Å². The summed E-state index contributed by atoms with van der Waals surface area (Å²) in [5.41, 5.74) is 2.95. The summed E-state index contributed by atoms with van der Waals surface area (Å²) in [5, 5.41) is 2.11. The summed E-state index contributed by atoms with van der Waals surface area (Å²) >= 11 is 1.89. The Labute approximate surface area is 208 Å². The number of hydrogen-bond acceptors (Lipinski definition) is 4. The molecule has 4 atom stereocenters. The summed E-state index contributed by atoms with van der Waals surface area (Å²) in [5.74, 6) is 1.87. The lowest BCUT2D eigenvalue weighted by Gasteiger charge is -2.45. The van der Waals surface area contributed by atoms with Crippen molar-refractivity contribution in [2.75, 3.05) is 11.6 Å². The van der Waals surface area contributed by atoms with E-state index >= 15 is 0 Å². The number of nitrogens with zero attached hydrogens (tertiary/aromatic N) is 1. The molecule has 8 rings (SSSR count). The van der Waals surface area contributed by atoms with Gasteiger partial charge in [-0.1, -0.05) is 91.0 Å². The van der Waals surface area contributed by atoms with Gasteiger partial charge < -0.3 is 0 Å². The van der Waals surface area contributed by atoms with E-state index < -0.39 is 11.0 Å². The molecule has 0 bridgehead atoms. The van der Waals surface area contributed by atoms with Gasteiger partial charge in [-0.3, -0.25) is 14.5 Å². The zero-order chi connectivity index (χ0) is 23.4. The SMILES string of the molecule is O=C1c2cccc3cccc(c23)[C@]12N1CSC[C@H]1[C@H](c1ccccc1)[C@]21Cc2ccccc2C1=O. The molecule has 2 aliphatic heterocycles. The molecule has 3 nitrogen and oxygen atoms in total. The van der Waals surface area contributed by atoms with Crippen molar-refractivity contribution >= 4 is 34.1 Å². The minimum absolute atomic E-state index is 0.0629. The number of ketones is 2. The van der Waals surface area contributed by atoms with Crippen LogP contribution in [0.4, 0.5) is 0 Å². The standard InChI is InChI=1S/C31H23NO2S/c33-28-22-13-5-4-10-21(22)16-30(28)27(20-8-2-1-3-9-20)25-17-35-18-32(25)31(30)24-15-7-12-19-11-6-14-23(26(19)24)29(31)34/h1-15,25,27H,16-18H2/t25-,27-,30-,31-/m0/s1. The van der Waals surface area contributed by atoms with Crippen LogP contribution >= 0.6 is 11.8 Å². The van der Waals surface area contributed by atoms with Gasteiger partial charge in [0, 0.05) is 34.7 Å². The van der Waals surface area contributed by atoms with Crippen LogP contribution in [0.2, 0.25) is 0 Å². The highest BCUT2D eigenvalue weighted by molar-refractivity contribution is 7.99. The third-order valence-corrected chi connectivity index (χ3v) is 10.1. The van der Waals surface area contributed by atoms with E-state index in [0.29, 0.717) is 6.42 Å². The number of carbonyl (C=O) groups excluding carboxylic acids is 2. The van der Waals surface area contributed by atoms with Gasteiger partial charge in [0.05, 0.1) is 5.41 Å². The van der Waals surface area contributed by atoms with Crippen molar-refractivity contribution < 1.29 is 9.59 Å². The number of fused-ring (bicyclic) bond motifs is 5. The van der Waals surface area contributed by atoms with Crippen molar-refractivity contribution in [3.63, 3.8) is 0 Å². The van der Waals surface area contributed by atoms with E-state index in [9.17, 15) is 9.59 Å². The molecule has 0 saturated carbocycles. The topological polar surface area (TPSA) is 37.4 Å². The summed E-state index contributed by atoms with van der Waals surface area (Å²) in [4.78, 5) is 32.1. The fourth-order valence-corrected chi connectivity index (χ4v) is 9.29. The number of Topliss-reactive ketones (excluding diaryl/α,β-unsaturated/α-hetero) is 2. The molecule has 4 aromatic rings. The molecule has 0 N–H and O–H groups in total. The van der Waals surface area contributed by atoms with E-state index in [-0.39, 0.29) is 23.5 Å². The van der Waals surface area contributed by atoms with E-state index in [1.54, 1.807) is 0 Å². The van der Waals surface area contributed by atoms with E-state index in [2.05, 4.69) is 59.5 Å². The van der Waals surface area contributed by atoms with Crippen LogP contribution in [-0.2, 0) is 12.0 Å². The molecule has 4 aliphatic rings. The summed E-state index contributed by atoms with van der Waals surface area (Å²) < 4.78 is 0. The smallest absolute Gasteiger partial charge is 0.189 e. The Kier molecular flexibility index (Phi) is 3.84. The maximum absolute atomic E-state index is 14.9. The third-order valence-electron chi connectivity index (χ3n) is 9.07. The van der Waals surface area contributed by atoms with Gasteiger partial charge in [0.15, 0.2) is 11.6 Å². The number of benzene rings is 4. The van der Waals surface area contributed by atoms with Crippen LogP contribution in [0.3, 0.4) is 0 Å². The van der Waals surface area contributed by atoms with Gasteiger partial charge in [-0.15, -0.1) is 11.8 Å². The first kappa shape index (κ1) is 20.0. The number of hydrogen-bond donors (Lipinski definition) is 0. The van der Waals surface area contributed by atoms with Gasteiger partial charge >= 0.3 is 0 Å². The van der Waals surface area contributed by atoms with Crippen LogP contribution < -0.4 is 0 Å². The Morgan fingerprint density at radius 3 is 2.34 bits per heavy atom. The minimum atomic E-state index is -0.999. The molecule has 2 saturated heterocycles. The van der Waals surface area contributed by atoms with Crippen LogP contribution in [0.1, 0.15) is 43.3 Å². The minimum Gasteiger partial charge on any atom is -0.293 e. The highest BCUT2D eigenvalue weighted by Gasteiger charge is 2.78. The van der Waals surface area contributed by atoms with Gasteiger partial charge in [-0.25, -0.2) is 0 Å². The van der Waals surface area contributed by atoms with Crippen molar-refractivity contribution in [2.24, 2.45) is 5.41 Å². The molecule has 0 unspecified atom stereocenters. The molecular weight excluding hydrogens is 450 g/mol. The largest absolute Gasteiger partial charge is 0.293 e. The molecule has 2 spiro atoms. The molecule has 4 aromatic carbocycles. The summed E-state index contributed by atoms with van der Waals surface area (Å²) in [6.45, 7) is 0. The molecule has 0 radical (unpaired) electrons. The average molecular weight is 474 g/mol. The number of rotatable bonds is 1. The van der Waals surface area contributed by atoms with Crippen molar-refractivity contribution in [2.45, 2.75) is 23.9 Å². The number of thioether (sulfide) groups is 1. The highest BCUT2D eigenvalue weighted by Crippen LogP contribution is 2.71. The van der Waals surface area contributed by atoms with E-state index in [1.807, 2.05) is 48.2 Å². The van der Waals surface area contributed by atoms with Crippen LogP contribution in [-0.4, -0.2) is 34.1 Å². The molecular formula is C31H23NO2S. The fraction of sp³-hybridized carbons (Fsp3) is 0.226. The Hall–Kier alpha value is -3.21. The summed E-state index contributed by atoms with van der Waals surface area (Å²) in [6.07, 6.45) is 0.593. The monoisotopic (exact) mass is 473 g/mol. The van der Waals surface area contributed by atoms with E-state index in [1.165, 1.54) is 5.56 Å². The van der Waals surface area contributed by atoms with E-state index in [0.717, 1.165) is 44.7 Å². The van der Waals surface area contributed by atoms with Crippen molar-refractivity contribution in [3.05, 3.63) is 119 Å². The molecule has 170 valence electrons. The lowest BCUT2D eigenvalue weighted by molar-refractivity contribution is 0.0315. The normalized spacial score (nSPS) is 30.6. The molecule has 2 fully saturated rings. The molecule has 0 aromatic heterocycles. The lowest BCUT2D eigenvalue weighted by atomic mass is 9.57. The van der Waals surface area contributed by atoms with Crippen LogP contribution in [0.25, 0.3) is 10.8 Å². The summed E-state index contributed by atoms with van der Waals surface area (Å²) in [7, 11) is 0. The quantitative estimate of drug-likeness (QED) is 0.349. The van der Waals surface area contributed by atoms with Crippen LogP contribution in [0.5, 0.6) is 0 Å². The second-order valence-corrected chi connectivity index (χ2v) is 11.3. The predicted molar refractivity (Wildman–Crippen MR) is 139 cm³/mol. The highest BCUT2D eigenvalue weighted by atomic mass is 32.2. The molecule has 4 heteroatoms. The molecule has 2 aliphatic carbocycles. The van der Waals surface area contributed by atoms with Crippen molar-refractivity contribution in [1.29, 1.82) is 0 Å². The Bertz CT molecular complexity index is 1570. The number of carbonyl (C=O) groups is 2. The first-order valence-corrected chi connectivity index (χ1v) is 13.4. The maximum Gasteiger partial charge on any atom is 0.189 e. The third kappa shape index (κ3) is 2.12. The van der Waals surface area contributed by atoms with Crippen molar-refractivity contribution in [1.82, 2.24) is 4.90 Å². The maximum atomic E-state index is 14.9. The van der Waals surface area contributed by atoms with Gasteiger partial charge in [0.2, 0.25) is 0 Å². The zero-order valence-electron chi connectivity index (χ0n) is 19.1. The first-order valence-electron chi connectivity index (χ1n) is 12.3. The second-order valence-electron chi connectivity index (χ2n) is 10.3. The van der Waals surface area contributed by atoms with Crippen molar-refractivity contribution in [3.8, 4) is 0 Å². The fourth-order valence-electron chi connectivity index (χ4n) is 7.99. The summed E-state index contributed by atoms with van der Waals surface area (Å²) in [6, 6.07) is 31.0. The average Bonchev–Trinajstić information content (AvgIpc) is 3.60. The molecule has 0 amide bonds. The Balaban J connectivity index is 1.52. The lowest BCUT2D eigenvalue weighted by Crippen LogP contribution is -2.58. The van der Waals surface area contributed by atoms with Gasteiger partial charge in [0.25, 0.3) is 0 Å². The second kappa shape index (κ2) is 6.71. The zero-order valence-corrected chi connectivity index (χ0v) is 19.9. The Morgan fingerprint density at radius 1 is 0.771 bits per heavy atom. The van der Waals surface area contributed by atoms with Gasteiger partial charge in [-0.2, -0.15) is 0 Å². The molecule has 2 heterocycles. The molecule has 35 heavy (non-hydrogen) atoms. The van der Waals surface area contributed by atoms with E-state index in [4.69, 9.17) is 0 Å². The van der Waals surface area contributed by atoms with Crippen LogP contribution in [0, 0.1) is 5.41 Å². The Morgan fingerprint density at radius 2 is 1.51 bits per heavy atom. The first-order chi connectivity index (χ1) is 17.2. The van der Waals surface area contributed by atoms with Crippen LogP contribution in [0.15, 0.2) is 91.0 Å². The predicted octanol–water partition coefficient (Wildman–Crippen LogP) is 5.83.